The standard InChI is InChI=1S/C13H18INO2/c1-13(2,12(16)17-3)8-11(15)9-4-6-10(14)7-5-9/h4-7,11H,8,15H2,1-3H3. The largest absolute Gasteiger partial charge is 0.469 e. The van der Waals surface area contributed by atoms with Gasteiger partial charge in [-0.1, -0.05) is 12.1 Å². The molecule has 0 bridgehead atoms. The van der Waals surface area contributed by atoms with Gasteiger partial charge in [-0.3, -0.25) is 4.79 Å². The molecule has 17 heavy (non-hydrogen) atoms. The molecule has 0 aromatic heterocycles. The topological polar surface area (TPSA) is 52.3 Å². The maximum Gasteiger partial charge on any atom is 0.311 e. The van der Waals surface area contributed by atoms with E-state index in [1.807, 2.05) is 38.1 Å². The van der Waals surface area contributed by atoms with Gasteiger partial charge < -0.3 is 10.5 Å². The minimum absolute atomic E-state index is 0.152. The summed E-state index contributed by atoms with van der Waals surface area (Å²) in [6.07, 6.45) is 0.570. The lowest BCUT2D eigenvalue weighted by atomic mass is 9.84. The fraction of sp³-hybridized carbons (Fsp3) is 0.462. The summed E-state index contributed by atoms with van der Waals surface area (Å²) in [5.41, 5.74) is 6.60. The van der Waals surface area contributed by atoms with Gasteiger partial charge in [-0.2, -0.15) is 0 Å². The fourth-order valence-electron chi connectivity index (χ4n) is 1.74. The summed E-state index contributed by atoms with van der Waals surface area (Å²) in [5.74, 6) is -0.224. The molecular weight excluding hydrogens is 329 g/mol. The highest BCUT2D eigenvalue weighted by atomic mass is 127. The van der Waals surface area contributed by atoms with Gasteiger partial charge in [-0.15, -0.1) is 0 Å². The fourth-order valence-corrected chi connectivity index (χ4v) is 2.10. The van der Waals surface area contributed by atoms with Crippen molar-refractivity contribution in [2.45, 2.75) is 26.3 Å². The molecule has 0 radical (unpaired) electrons. The molecule has 0 saturated heterocycles. The van der Waals surface area contributed by atoms with Crippen LogP contribution in [0.25, 0.3) is 0 Å². The van der Waals surface area contributed by atoms with Crippen LogP contribution in [-0.4, -0.2) is 13.1 Å². The first-order chi connectivity index (χ1) is 7.86. The van der Waals surface area contributed by atoms with Crippen LogP contribution < -0.4 is 5.73 Å². The Morgan fingerprint density at radius 2 is 1.94 bits per heavy atom. The lowest BCUT2D eigenvalue weighted by Crippen LogP contribution is -2.30. The number of nitrogens with two attached hydrogens (primary N) is 1. The lowest BCUT2D eigenvalue weighted by molar-refractivity contribution is -0.151. The van der Waals surface area contributed by atoms with Gasteiger partial charge in [0.15, 0.2) is 0 Å². The zero-order chi connectivity index (χ0) is 13.1. The van der Waals surface area contributed by atoms with Crippen LogP contribution >= 0.6 is 22.6 Å². The molecule has 0 saturated carbocycles. The van der Waals surface area contributed by atoms with Crippen molar-refractivity contribution < 1.29 is 9.53 Å². The Labute approximate surface area is 116 Å². The molecular formula is C13H18INO2. The van der Waals surface area contributed by atoms with Crippen molar-refractivity contribution in [3.05, 3.63) is 33.4 Å². The Morgan fingerprint density at radius 3 is 2.41 bits per heavy atom. The third kappa shape index (κ3) is 3.96. The zero-order valence-corrected chi connectivity index (χ0v) is 12.5. The monoisotopic (exact) mass is 347 g/mol. The highest BCUT2D eigenvalue weighted by Gasteiger charge is 2.31. The van der Waals surface area contributed by atoms with Crippen LogP contribution in [0.5, 0.6) is 0 Å². The zero-order valence-electron chi connectivity index (χ0n) is 10.4. The molecule has 1 unspecified atom stereocenters. The van der Waals surface area contributed by atoms with E-state index in [1.165, 1.54) is 10.7 Å². The van der Waals surface area contributed by atoms with Crippen LogP contribution in [0.4, 0.5) is 0 Å². The smallest absolute Gasteiger partial charge is 0.311 e. The first kappa shape index (κ1) is 14.4. The van der Waals surface area contributed by atoms with E-state index >= 15 is 0 Å². The summed E-state index contributed by atoms with van der Waals surface area (Å²) in [6, 6.07) is 7.88. The third-order valence-corrected chi connectivity index (χ3v) is 3.49. The van der Waals surface area contributed by atoms with Crippen molar-refractivity contribution in [2.75, 3.05) is 7.11 Å². The second-order valence-corrected chi connectivity index (χ2v) is 5.98. The molecule has 0 heterocycles. The molecule has 0 aliphatic heterocycles. The van der Waals surface area contributed by atoms with Gasteiger partial charge in [0.05, 0.1) is 12.5 Å². The number of hydrogen-bond acceptors (Lipinski definition) is 3. The first-order valence-corrected chi connectivity index (χ1v) is 6.54. The van der Waals surface area contributed by atoms with Crippen LogP contribution in [0, 0.1) is 8.99 Å². The third-order valence-electron chi connectivity index (χ3n) is 2.77. The second kappa shape index (κ2) is 5.82. The molecule has 94 valence electrons. The van der Waals surface area contributed by atoms with E-state index < -0.39 is 5.41 Å². The van der Waals surface area contributed by atoms with Gasteiger partial charge in [-0.05, 0) is 60.6 Å². The van der Waals surface area contributed by atoms with Crippen molar-refractivity contribution in [3.63, 3.8) is 0 Å². The van der Waals surface area contributed by atoms with Gasteiger partial charge >= 0.3 is 5.97 Å². The highest BCUT2D eigenvalue weighted by Crippen LogP contribution is 2.29. The van der Waals surface area contributed by atoms with Crippen LogP contribution in [0.3, 0.4) is 0 Å². The molecule has 3 nitrogen and oxygen atoms in total. The number of hydrogen-bond donors (Lipinski definition) is 1. The molecule has 0 aliphatic rings. The number of halogens is 1. The van der Waals surface area contributed by atoms with Crippen molar-refractivity contribution in [3.8, 4) is 0 Å². The van der Waals surface area contributed by atoms with E-state index in [1.54, 1.807) is 0 Å². The minimum atomic E-state index is -0.558. The second-order valence-electron chi connectivity index (χ2n) is 4.74. The van der Waals surface area contributed by atoms with Gasteiger partial charge in [-0.25, -0.2) is 0 Å². The number of methoxy groups -OCH3 is 1. The van der Waals surface area contributed by atoms with Gasteiger partial charge in [0, 0.05) is 9.61 Å². The normalized spacial score (nSPS) is 13.2. The SMILES string of the molecule is COC(=O)C(C)(C)CC(N)c1ccc(I)cc1. The van der Waals surface area contributed by atoms with Gasteiger partial charge in [0.2, 0.25) is 0 Å². The molecule has 4 heteroatoms. The van der Waals surface area contributed by atoms with Crippen LogP contribution in [0.1, 0.15) is 31.9 Å². The summed E-state index contributed by atoms with van der Waals surface area (Å²) in [6.45, 7) is 3.71. The van der Waals surface area contributed by atoms with E-state index in [4.69, 9.17) is 10.5 Å². The lowest BCUT2D eigenvalue weighted by Gasteiger charge is -2.25. The quantitative estimate of drug-likeness (QED) is 0.673. The van der Waals surface area contributed by atoms with Gasteiger partial charge in [0.25, 0.3) is 0 Å². The number of esters is 1. The van der Waals surface area contributed by atoms with Crippen molar-refractivity contribution in [1.82, 2.24) is 0 Å². The molecule has 0 aliphatic carbocycles. The minimum Gasteiger partial charge on any atom is -0.469 e. The molecule has 0 spiro atoms. The van der Waals surface area contributed by atoms with Crippen LogP contribution in [0.15, 0.2) is 24.3 Å². The molecule has 1 atom stereocenters. The van der Waals surface area contributed by atoms with E-state index in [9.17, 15) is 4.79 Å². The molecule has 2 N–H and O–H groups in total. The highest BCUT2D eigenvalue weighted by molar-refractivity contribution is 14.1. The predicted octanol–water partition coefficient (Wildman–Crippen LogP) is 2.88. The Kier molecular flexibility index (Phi) is 4.94. The summed E-state index contributed by atoms with van der Waals surface area (Å²) in [5, 5.41) is 0. The predicted molar refractivity (Wildman–Crippen MR) is 76.5 cm³/mol. The Balaban J connectivity index is 2.75. The Bertz CT molecular complexity index is 387. The maximum absolute atomic E-state index is 11.6. The average Bonchev–Trinajstić information content (AvgIpc) is 2.28. The van der Waals surface area contributed by atoms with E-state index in [2.05, 4.69) is 22.6 Å². The van der Waals surface area contributed by atoms with E-state index in [-0.39, 0.29) is 12.0 Å². The van der Waals surface area contributed by atoms with E-state index in [0.717, 1.165) is 5.56 Å². The summed E-state index contributed by atoms with van der Waals surface area (Å²) < 4.78 is 5.95. The first-order valence-electron chi connectivity index (χ1n) is 5.46. The number of ether oxygens (including phenoxy) is 1. The molecule has 1 aromatic carbocycles. The van der Waals surface area contributed by atoms with Crippen LogP contribution in [-0.2, 0) is 9.53 Å². The molecule has 0 fully saturated rings. The maximum atomic E-state index is 11.6. The van der Waals surface area contributed by atoms with Crippen LogP contribution in [0.2, 0.25) is 0 Å². The Morgan fingerprint density at radius 1 is 1.41 bits per heavy atom. The van der Waals surface area contributed by atoms with Crippen molar-refractivity contribution in [1.29, 1.82) is 0 Å². The molecule has 1 rings (SSSR count). The number of benzene rings is 1. The summed E-state index contributed by atoms with van der Waals surface area (Å²) in [7, 11) is 1.40. The van der Waals surface area contributed by atoms with Crippen molar-refractivity contribution >= 4 is 28.6 Å². The summed E-state index contributed by atoms with van der Waals surface area (Å²) >= 11 is 2.25. The summed E-state index contributed by atoms with van der Waals surface area (Å²) in [4.78, 5) is 11.6. The van der Waals surface area contributed by atoms with E-state index in [0.29, 0.717) is 6.42 Å². The van der Waals surface area contributed by atoms with Gasteiger partial charge in [0.1, 0.15) is 0 Å². The molecule has 0 amide bonds. The number of carbonyl (C=O) groups is 1. The average molecular weight is 347 g/mol. The van der Waals surface area contributed by atoms with Crippen molar-refractivity contribution in [2.24, 2.45) is 11.1 Å². The number of carbonyl (C=O) groups excluding carboxylic acids is 1. The molecule has 1 aromatic rings. The Hall–Kier alpha value is -0.620. The number of rotatable bonds is 4.